The summed E-state index contributed by atoms with van der Waals surface area (Å²) < 4.78 is 6.22. The minimum absolute atomic E-state index is 0.222. The van der Waals surface area contributed by atoms with E-state index in [4.69, 9.17) is 4.74 Å². The lowest BCUT2D eigenvalue weighted by molar-refractivity contribution is -0.0569. The molecule has 1 aliphatic carbocycles. The van der Waals surface area contributed by atoms with E-state index in [1.807, 2.05) is 0 Å². The lowest BCUT2D eigenvalue weighted by atomic mass is 9.75. The van der Waals surface area contributed by atoms with Gasteiger partial charge < -0.3 is 10.1 Å². The van der Waals surface area contributed by atoms with Crippen molar-refractivity contribution in [1.82, 2.24) is 10.2 Å². The van der Waals surface area contributed by atoms with Crippen LogP contribution in [0.15, 0.2) is 0 Å². The summed E-state index contributed by atoms with van der Waals surface area (Å²) in [4.78, 5) is 2.72. The average molecular weight is 252 g/mol. The normalized spacial score (nSPS) is 46.0. The molecule has 4 atom stereocenters. The Bertz CT molecular complexity index is 288. The topological polar surface area (TPSA) is 24.5 Å². The molecule has 1 saturated carbocycles. The maximum absolute atomic E-state index is 6.22. The van der Waals surface area contributed by atoms with Gasteiger partial charge in [0.2, 0.25) is 0 Å². The van der Waals surface area contributed by atoms with Crippen molar-refractivity contribution in [2.24, 2.45) is 5.92 Å². The van der Waals surface area contributed by atoms with E-state index in [0.29, 0.717) is 12.1 Å². The predicted octanol–water partition coefficient (Wildman–Crippen LogP) is 2.02. The maximum atomic E-state index is 6.22. The molecule has 0 radical (unpaired) electrons. The van der Waals surface area contributed by atoms with Gasteiger partial charge in [0.1, 0.15) is 0 Å². The van der Waals surface area contributed by atoms with E-state index < -0.39 is 0 Å². The van der Waals surface area contributed by atoms with Crippen LogP contribution in [0.25, 0.3) is 0 Å². The molecule has 0 aromatic carbocycles. The zero-order chi connectivity index (χ0) is 12.6. The molecule has 0 aromatic rings. The molecular formula is C15H28N2O. The lowest BCUT2D eigenvalue weighted by Gasteiger charge is -2.45. The maximum Gasteiger partial charge on any atom is 0.0702 e. The summed E-state index contributed by atoms with van der Waals surface area (Å²) in [6.07, 6.45) is 7.85. The number of nitrogens with zero attached hydrogens (tertiary/aromatic N) is 1. The second-order valence-electron chi connectivity index (χ2n) is 6.75. The second kappa shape index (κ2) is 5.10. The standard InChI is InChI=1S/C15H28N2O/c1-12-9-15(18-11-12)6-5-13(16-2)14(10-15)17-7-3-4-8-17/h12-14,16H,3-11H2,1-2H3/t12?,13-,14-,15+/m0/s1. The zero-order valence-electron chi connectivity index (χ0n) is 12.0. The second-order valence-corrected chi connectivity index (χ2v) is 6.75. The number of hydrogen-bond donors (Lipinski definition) is 1. The molecule has 0 bridgehead atoms. The van der Waals surface area contributed by atoms with Crippen molar-refractivity contribution >= 4 is 0 Å². The summed E-state index contributed by atoms with van der Waals surface area (Å²) in [5.41, 5.74) is 0.222. The first-order valence-corrected chi connectivity index (χ1v) is 7.78. The van der Waals surface area contributed by atoms with Crippen molar-refractivity contribution in [3.05, 3.63) is 0 Å². The van der Waals surface area contributed by atoms with Crippen molar-refractivity contribution < 1.29 is 4.74 Å². The smallest absolute Gasteiger partial charge is 0.0702 e. The number of likely N-dealkylation sites (tertiary alicyclic amines) is 1. The highest BCUT2D eigenvalue weighted by molar-refractivity contribution is 5.01. The van der Waals surface area contributed by atoms with Crippen molar-refractivity contribution in [2.45, 2.75) is 63.1 Å². The summed E-state index contributed by atoms with van der Waals surface area (Å²) >= 11 is 0. The quantitative estimate of drug-likeness (QED) is 0.814. The Labute approximate surface area is 111 Å². The van der Waals surface area contributed by atoms with Crippen molar-refractivity contribution in [1.29, 1.82) is 0 Å². The van der Waals surface area contributed by atoms with Gasteiger partial charge in [0.05, 0.1) is 5.60 Å². The van der Waals surface area contributed by atoms with Gasteiger partial charge in [-0.3, -0.25) is 4.90 Å². The fourth-order valence-electron chi connectivity index (χ4n) is 4.42. The first kappa shape index (κ1) is 12.9. The molecule has 18 heavy (non-hydrogen) atoms. The van der Waals surface area contributed by atoms with Crippen LogP contribution in [-0.2, 0) is 4.74 Å². The van der Waals surface area contributed by atoms with Gasteiger partial charge in [0.25, 0.3) is 0 Å². The summed E-state index contributed by atoms with van der Waals surface area (Å²) in [5.74, 6) is 0.760. The van der Waals surface area contributed by atoms with Crippen LogP contribution in [0.2, 0.25) is 0 Å². The number of hydrogen-bond acceptors (Lipinski definition) is 3. The minimum Gasteiger partial charge on any atom is -0.375 e. The minimum atomic E-state index is 0.222. The van der Waals surface area contributed by atoms with Crippen molar-refractivity contribution in [3.8, 4) is 0 Å². The Morgan fingerprint density at radius 2 is 2.00 bits per heavy atom. The summed E-state index contributed by atoms with van der Waals surface area (Å²) in [6, 6.07) is 1.38. The Morgan fingerprint density at radius 1 is 1.22 bits per heavy atom. The number of nitrogens with one attached hydrogen (secondary N) is 1. The van der Waals surface area contributed by atoms with Crippen LogP contribution in [0.4, 0.5) is 0 Å². The van der Waals surface area contributed by atoms with E-state index in [0.717, 1.165) is 12.5 Å². The van der Waals surface area contributed by atoms with Gasteiger partial charge in [-0.1, -0.05) is 6.92 Å². The molecule has 0 amide bonds. The fourth-order valence-corrected chi connectivity index (χ4v) is 4.42. The zero-order valence-corrected chi connectivity index (χ0v) is 12.0. The predicted molar refractivity (Wildman–Crippen MR) is 73.8 cm³/mol. The summed E-state index contributed by atoms with van der Waals surface area (Å²) in [5, 5.41) is 3.55. The lowest BCUT2D eigenvalue weighted by Crippen LogP contribution is -2.56. The molecule has 3 fully saturated rings. The summed E-state index contributed by atoms with van der Waals surface area (Å²) in [7, 11) is 2.13. The van der Waals surface area contributed by atoms with Gasteiger partial charge in [-0.2, -0.15) is 0 Å². The Morgan fingerprint density at radius 3 is 2.61 bits per heavy atom. The van der Waals surface area contributed by atoms with E-state index in [1.165, 1.54) is 51.6 Å². The van der Waals surface area contributed by atoms with Gasteiger partial charge in [0, 0.05) is 18.7 Å². The van der Waals surface area contributed by atoms with E-state index in [1.54, 1.807) is 0 Å². The van der Waals surface area contributed by atoms with Gasteiger partial charge >= 0.3 is 0 Å². The highest BCUT2D eigenvalue weighted by atomic mass is 16.5. The van der Waals surface area contributed by atoms with E-state index >= 15 is 0 Å². The first-order valence-electron chi connectivity index (χ1n) is 7.78. The van der Waals surface area contributed by atoms with Gasteiger partial charge in [-0.25, -0.2) is 0 Å². The molecule has 2 heterocycles. The average Bonchev–Trinajstić information content (AvgIpc) is 3.00. The Hall–Kier alpha value is -0.120. The molecule has 1 N–H and O–H groups in total. The third-order valence-electron chi connectivity index (χ3n) is 5.33. The highest BCUT2D eigenvalue weighted by Gasteiger charge is 2.47. The SMILES string of the molecule is CN[C@H]1CC[C@@]2(CC(C)CO2)C[C@@H]1N1CCCC1. The van der Waals surface area contributed by atoms with Crippen LogP contribution in [0.3, 0.4) is 0 Å². The molecule has 104 valence electrons. The molecule has 1 spiro atoms. The van der Waals surface area contributed by atoms with Gasteiger partial charge in [-0.15, -0.1) is 0 Å². The van der Waals surface area contributed by atoms with E-state index in [-0.39, 0.29) is 5.60 Å². The third kappa shape index (κ3) is 2.33. The van der Waals surface area contributed by atoms with E-state index in [2.05, 4.69) is 24.2 Å². The van der Waals surface area contributed by atoms with Crippen LogP contribution in [0.1, 0.15) is 45.4 Å². The monoisotopic (exact) mass is 252 g/mol. The Kier molecular flexibility index (Phi) is 3.65. The largest absolute Gasteiger partial charge is 0.375 e. The number of ether oxygens (including phenoxy) is 1. The summed E-state index contributed by atoms with van der Waals surface area (Å²) in [6.45, 7) is 5.92. The van der Waals surface area contributed by atoms with Crippen LogP contribution in [0, 0.1) is 5.92 Å². The van der Waals surface area contributed by atoms with Crippen molar-refractivity contribution in [3.63, 3.8) is 0 Å². The molecule has 3 aliphatic rings. The van der Waals surface area contributed by atoms with Crippen LogP contribution < -0.4 is 5.32 Å². The number of rotatable bonds is 2. The van der Waals surface area contributed by atoms with Crippen LogP contribution in [0.5, 0.6) is 0 Å². The molecule has 3 nitrogen and oxygen atoms in total. The molecule has 3 heteroatoms. The molecule has 0 aromatic heterocycles. The van der Waals surface area contributed by atoms with Gasteiger partial charge in [-0.05, 0) is 64.6 Å². The van der Waals surface area contributed by atoms with Crippen LogP contribution >= 0.6 is 0 Å². The van der Waals surface area contributed by atoms with Crippen LogP contribution in [-0.4, -0.2) is 49.3 Å². The fraction of sp³-hybridized carbons (Fsp3) is 1.00. The molecular weight excluding hydrogens is 224 g/mol. The number of likely N-dealkylation sites (N-methyl/N-ethyl adjacent to an activating group) is 1. The van der Waals surface area contributed by atoms with E-state index in [9.17, 15) is 0 Å². The highest BCUT2D eigenvalue weighted by Crippen LogP contribution is 2.43. The molecule has 3 rings (SSSR count). The van der Waals surface area contributed by atoms with Gasteiger partial charge in [0.15, 0.2) is 0 Å². The molecule has 2 aliphatic heterocycles. The molecule has 1 unspecified atom stereocenters. The third-order valence-corrected chi connectivity index (χ3v) is 5.33. The Balaban J connectivity index is 1.72. The van der Waals surface area contributed by atoms with Crippen molar-refractivity contribution in [2.75, 3.05) is 26.7 Å². The first-order chi connectivity index (χ1) is 8.72. The molecule has 2 saturated heterocycles.